The van der Waals surface area contributed by atoms with E-state index in [0.29, 0.717) is 6.54 Å². The number of hydrogen-bond acceptors (Lipinski definition) is 1. The second-order valence-corrected chi connectivity index (χ2v) is 7.01. The lowest BCUT2D eigenvalue weighted by atomic mass is 9.98. The maximum Gasteiger partial charge on any atom is 0.254 e. The van der Waals surface area contributed by atoms with Gasteiger partial charge >= 0.3 is 0 Å². The molecule has 2 aromatic carbocycles. The van der Waals surface area contributed by atoms with Crippen LogP contribution in [0.5, 0.6) is 0 Å². The van der Waals surface area contributed by atoms with Gasteiger partial charge in [0.2, 0.25) is 0 Å². The van der Waals surface area contributed by atoms with Gasteiger partial charge in [-0.15, -0.1) is 0 Å². The van der Waals surface area contributed by atoms with E-state index in [1.807, 2.05) is 53.6 Å². The van der Waals surface area contributed by atoms with Crippen LogP contribution >= 0.6 is 0 Å². The van der Waals surface area contributed by atoms with E-state index in [4.69, 9.17) is 0 Å². The molecular weight excluding hydrogens is 332 g/mol. The summed E-state index contributed by atoms with van der Waals surface area (Å²) in [4.78, 5) is 15.3. The maximum absolute atomic E-state index is 13.4. The number of pyridine rings is 1. The Morgan fingerprint density at radius 1 is 0.778 bits per heavy atom. The van der Waals surface area contributed by atoms with Crippen molar-refractivity contribution in [3.05, 3.63) is 102 Å². The average molecular weight is 352 g/mol. The lowest BCUT2D eigenvalue weighted by molar-refractivity contribution is 0.0735. The van der Waals surface area contributed by atoms with E-state index < -0.39 is 0 Å². The number of amides is 1. The number of benzene rings is 2. The molecule has 0 atom stereocenters. The van der Waals surface area contributed by atoms with Crippen LogP contribution in [0.3, 0.4) is 0 Å². The van der Waals surface area contributed by atoms with Gasteiger partial charge in [0.25, 0.3) is 5.91 Å². The number of hydrogen-bond donors (Lipinski definition) is 0. The molecule has 0 aliphatic carbocycles. The second kappa shape index (κ2) is 6.44. The normalized spacial score (nSPS) is 13.6. The Kier molecular flexibility index (Phi) is 3.79. The van der Waals surface area contributed by atoms with Gasteiger partial charge in [-0.05, 0) is 47.9 Å². The molecule has 3 heterocycles. The Labute approximate surface area is 158 Å². The average Bonchev–Trinajstić information content (AvgIpc) is 3.17. The molecule has 132 valence electrons. The number of rotatable bonds is 2. The highest BCUT2D eigenvalue weighted by atomic mass is 16.2. The zero-order valence-electron chi connectivity index (χ0n) is 15.0. The molecular formula is C24H20N2O. The molecule has 0 fully saturated rings. The molecule has 1 amide bonds. The van der Waals surface area contributed by atoms with E-state index in [2.05, 4.69) is 40.8 Å². The fourth-order valence-electron chi connectivity index (χ4n) is 4.01. The lowest BCUT2D eigenvalue weighted by Crippen LogP contribution is -2.36. The van der Waals surface area contributed by atoms with Crippen molar-refractivity contribution in [2.24, 2.45) is 0 Å². The topological polar surface area (TPSA) is 24.7 Å². The monoisotopic (exact) mass is 352 g/mol. The van der Waals surface area contributed by atoms with Gasteiger partial charge in [-0.25, -0.2) is 0 Å². The highest BCUT2D eigenvalue weighted by molar-refractivity contribution is 6.01. The molecule has 5 rings (SSSR count). The highest BCUT2D eigenvalue weighted by Crippen LogP contribution is 2.28. The second-order valence-electron chi connectivity index (χ2n) is 7.01. The molecule has 0 spiro atoms. The van der Waals surface area contributed by atoms with Crippen LogP contribution < -0.4 is 0 Å². The molecule has 3 nitrogen and oxygen atoms in total. The summed E-state index contributed by atoms with van der Waals surface area (Å²) in [6.45, 7) is 1.44. The van der Waals surface area contributed by atoms with Gasteiger partial charge in [0, 0.05) is 35.9 Å². The highest BCUT2D eigenvalue weighted by Gasteiger charge is 2.24. The summed E-state index contributed by atoms with van der Waals surface area (Å²) in [6.07, 6.45) is 2.96. The fourth-order valence-corrected chi connectivity index (χ4v) is 4.01. The van der Waals surface area contributed by atoms with Crippen LogP contribution in [-0.4, -0.2) is 21.8 Å². The first-order valence-corrected chi connectivity index (χ1v) is 9.33. The standard InChI is InChI=1S/C24H20N2O/c27-24(25-16-14-18-7-1-2-8-19(18)17-25)22-11-4-3-10-21(22)23-13-12-20-9-5-6-15-26(20)23/h1-13,15H,14,16-17H2. The first-order valence-electron chi connectivity index (χ1n) is 9.33. The molecule has 0 N–H and O–H groups in total. The third-order valence-electron chi connectivity index (χ3n) is 5.41. The summed E-state index contributed by atoms with van der Waals surface area (Å²) >= 11 is 0. The Balaban J connectivity index is 1.54. The summed E-state index contributed by atoms with van der Waals surface area (Å²) < 4.78 is 2.14. The number of aromatic nitrogens is 1. The molecule has 4 aromatic rings. The smallest absolute Gasteiger partial charge is 0.254 e. The molecule has 3 heteroatoms. The Hall–Kier alpha value is -3.33. The minimum atomic E-state index is 0.103. The minimum absolute atomic E-state index is 0.103. The van der Waals surface area contributed by atoms with E-state index in [0.717, 1.165) is 35.3 Å². The predicted molar refractivity (Wildman–Crippen MR) is 108 cm³/mol. The van der Waals surface area contributed by atoms with E-state index >= 15 is 0 Å². The summed E-state index contributed by atoms with van der Waals surface area (Å²) in [5, 5.41) is 0. The zero-order chi connectivity index (χ0) is 18.2. The van der Waals surface area contributed by atoms with Gasteiger partial charge < -0.3 is 9.30 Å². The van der Waals surface area contributed by atoms with Gasteiger partial charge in [-0.1, -0.05) is 48.5 Å². The quantitative estimate of drug-likeness (QED) is 0.508. The van der Waals surface area contributed by atoms with Gasteiger partial charge in [-0.2, -0.15) is 0 Å². The molecule has 0 saturated heterocycles. The van der Waals surface area contributed by atoms with Crippen LogP contribution in [0.15, 0.2) is 85.1 Å². The van der Waals surface area contributed by atoms with Crippen LogP contribution in [0, 0.1) is 0 Å². The summed E-state index contributed by atoms with van der Waals surface area (Å²) in [7, 11) is 0. The molecule has 0 bridgehead atoms. The van der Waals surface area contributed by atoms with Crippen molar-refractivity contribution >= 4 is 11.4 Å². The SMILES string of the molecule is O=C(c1ccccc1-c1ccc2ccccn12)N1CCc2ccccc2C1. The molecule has 2 aromatic heterocycles. The van der Waals surface area contributed by atoms with Crippen molar-refractivity contribution in [3.63, 3.8) is 0 Å². The number of carbonyl (C=O) groups is 1. The molecule has 0 unspecified atom stereocenters. The lowest BCUT2D eigenvalue weighted by Gasteiger charge is -2.29. The van der Waals surface area contributed by atoms with Crippen LogP contribution in [0.25, 0.3) is 16.8 Å². The van der Waals surface area contributed by atoms with Crippen LogP contribution in [0.1, 0.15) is 21.5 Å². The van der Waals surface area contributed by atoms with Crippen LogP contribution in [0.2, 0.25) is 0 Å². The summed E-state index contributed by atoms with van der Waals surface area (Å²) in [5.74, 6) is 0.103. The molecule has 0 saturated carbocycles. The number of carbonyl (C=O) groups excluding carboxylic acids is 1. The minimum Gasteiger partial charge on any atom is -0.334 e. The van der Waals surface area contributed by atoms with Crippen LogP contribution in [0.4, 0.5) is 0 Å². The zero-order valence-corrected chi connectivity index (χ0v) is 15.0. The van der Waals surface area contributed by atoms with E-state index in [-0.39, 0.29) is 5.91 Å². The number of nitrogens with zero attached hydrogens (tertiary/aromatic N) is 2. The predicted octanol–water partition coefficient (Wildman–Crippen LogP) is 4.80. The summed E-state index contributed by atoms with van der Waals surface area (Å²) in [6, 6.07) is 26.7. The van der Waals surface area contributed by atoms with Gasteiger partial charge in [-0.3, -0.25) is 4.79 Å². The van der Waals surface area contributed by atoms with Crippen LogP contribution in [-0.2, 0) is 13.0 Å². The van der Waals surface area contributed by atoms with Gasteiger partial charge in [0.15, 0.2) is 0 Å². The summed E-state index contributed by atoms with van der Waals surface area (Å²) in [5.41, 5.74) is 6.53. The Morgan fingerprint density at radius 3 is 2.48 bits per heavy atom. The molecule has 1 aliphatic rings. The molecule has 27 heavy (non-hydrogen) atoms. The fraction of sp³-hybridized carbons (Fsp3) is 0.125. The maximum atomic E-state index is 13.4. The van der Waals surface area contributed by atoms with Crippen molar-refractivity contribution in [1.82, 2.24) is 9.30 Å². The van der Waals surface area contributed by atoms with Crippen molar-refractivity contribution in [2.75, 3.05) is 6.54 Å². The first kappa shape index (κ1) is 15.9. The first-order chi connectivity index (χ1) is 13.3. The largest absolute Gasteiger partial charge is 0.334 e. The van der Waals surface area contributed by atoms with Gasteiger partial charge in [0.1, 0.15) is 0 Å². The molecule has 0 radical (unpaired) electrons. The molecule has 1 aliphatic heterocycles. The van der Waals surface area contributed by atoms with Crippen molar-refractivity contribution in [3.8, 4) is 11.3 Å². The van der Waals surface area contributed by atoms with Crippen molar-refractivity contribution in [1.29, 1.82) is 0 Å². The third-order valence-corrected chi connectivity index (χ3v) is 5.41. The number of fused-ring (bicyclic) bond motifs is 2. The Bertz CT molecular complexity index is 1140. The van der Waals surface area contributed by atoms with E-state index in [9.17, 15) is 4.79 Å². The van der Waals surface area contributed by atoms with Crippen molar-refractivity contribution in [2.45, 2.75) is 13.0 Å². The van der Waals surface area contributed by atoms with E-state index in [1.165, 1.54) is 11.1 Å². The third kappa shape index (κ3) is 2.72. The Morgan fingerprint density at radius 2 is 1.56 bits per heavy atom. The van der Waals surface area contributed by atoms with E-state index in [1.54, 1.807) is 0 Å². The van der Waals surface area contributed by atoms with Gasteiger partial charge in [0.05, 0.1) is 5.69 Å². The van der Waals surface area contributed by atoms with Crippen molar-refractivity contribution < 1.29 is 4.79 Å².